The van der Waals surface area contributed by atoms with Crippen molar-refractivity contribution in [2.24, 2.45) is 11.5 Å². The summed E-state index contributed by atoms with van der Waals surface area (Å²) >= 11 is 0. The van der Waals surface area contributed by atoms with Gasteiger partial charge < -0.3 is 22.9 Å². The highest BCUT2D eigenvalue weighted by molar-refractivity contribution is 5.96. The van der Waals surface area contributed by atoms with Crippen LogP contribution in [0, 0.1) is 0 Å². The van der Waals surface area contributed by atoms with Crippen LogP contribution < -0.4 is 22.9 Å². The Morgan fingerprint density at radius 2 is 0.853 bits per heavy atom. The van der Waals surface area contributed by atoms with Crippen molar-refractivity contribution in [3.05, 3.63) is 82.9 Å². The van der Waals surface area contributed by atoms with E-state index in [1.807, 2.05) is 0 Å². The molecule has 3 aromatic carbocycles. The first-order valence-corrected chi connectivity index (χ1v) is 9.24. The molecule has 0 spiro atoms. The second-order valence-corrected chi connectivity index (χ2v) is 6.91. The maximum Gasteiger partial charge on any atom is 0.417 e. The first-order valence-electron chi connectivity index (χ1n) is 9.24. The van der Waals surface area contributed by atoms with Gasteiger partial charge in [0.05, 0.1) is 11.1 Å². The minimum atomic E-state index is -4.84. The highest BCUT2D eigenvalue weighted by Crippen LogP contribution is 2.43. The molecule has 0 aliphatic carbocycles. The molecule has 180 valence electrons. The van der Waals surface area contributed by atoms with E-state index in [1.165, 1.54) is 24.3 Å². The van der Waals surface area contributed by atoms with E-state index in [1.54, 1.807) is 0 Å². The van der Waals surface area contributed by atoms with Gasteiger partial charge in [0.15, 0.2) is 0 Å². The maximum absolute atomic E-state index is 13.1. The number of nitrogen functional groups attached to an aromatic ring is 2. The van der Waals surface area contributed by atoms with Crippen LogP contribution in [-0.2, 0) is 12.4 Å². The summed E-state index contributed by atoms with van der Waals surface area (Å²) in [5.41, 5.74) is 17.2. The molecule has 12 heteroatoms. The SMILES string of the molecule is NC(=O)c1ccc(C(N)=O)cc1.Nc1ccc(-c2ccc(N)cc2C(F)(F)F)c(C(F)(F)F)c1. The van der Waals surface area contributed by atoms with E-state index in [0.29, 0.717) is 23.3 Å². The number of nitrogens with two attached hydrogens (primary N) is 4. The molecule has 8 N–H and O–H groups in total. The Bertz CT molecular complexity index is 1110. The van der Waals surface area contributed by atoms with Crippen LogP contribution in [0.3, 0.4) is 0 Å². The zero-order chi connectivity index (χ0) is 25.8. The Morgan fingerprint density at radius 1 is 0.559 bits per heavy atom. The van der Waals surface area contributed by atoms with Crippen LogP contribution >= 0.6 is 0 Å². The van der Waals surface area contributed by atoms with Crippen LogP contribution in [0.5, 0.6) is 0 Å². The Kier molecular flexibility index (Phi) is 7.45. The lowest BCUT2D eigenvalue weighted by Gasteiger charge is -2.18. The summed E-state index contributed by atoms with van der Waals surface area (Å²) in [6.07, 6.45) is -9.68. The number of halogens is 6. The Labute approximate surface area is 189 Å². The highest BCUT2D eigenvalue weighted by Gasteiger charge is 2.38. The summed E-state index contributed by atoms with van der Waals surface area (Å²) in [7, 11) is 0. The fraction of sp³-hybridized carbons (Fsp3) is 0.0909. The summed E-state index contributed by atoms with van der Waals surface area (Å²) in [6, 6.07) is 11.1. The lowest BCUT2D eigenvalue weighted by atomic mass is 9.94. The van der Waals surface area contributed by atoms with Crippen LogP contribution in [0.4, 0.5) is 37.7 Å². The maximum atomic E-state index is 13.1. The molecule has 3 rings (SSSR count). The van der Waals surface area contributed by atoms with Crippen molar-refractivity contribution in [2.45, 2.75) is 12.4 Å². The topological polar surface area (TPSA) is 138 Å². The molecule has 0 atom stereocenters. The molecular formula is C22H18F6N4O2. The van der Waals surface area contributed by atoms with E-state index in [4.69, 9.17) is 22.9 Å². The van der Waals surface area contributed by atoms with Gasteiger partial charge in [-0.05, 0) is 59.7 Å². The Morgan fingerprint density at radius 3 is 1.09 bits per heavy atom. The molecule has 34 heavy (non-hydrogen) atoms. The summed E-state index contributed by atoms with van der Waals surface area (Å²) in [4.78, 5) is 21.2. The van der Waals surface area contributed by atoms with Crippen molar-refractivity contribution in [3.63, 3.8) is 0 Å². The van der Waals surface area contributed by atoms with Crippen LogP contribution in [0.25, 0.3) is 11.1 Å². The number of carbonyl (C=O) groups excluding carboxylic acids is 2. The quantitative estimate of drug-likeness (QED) is 0.323. The van der Waals surface area contributed by atoms with Gasteiger partial charge in [-0.15, -0.1) is 0 Å². The van der Waals surface area contributed by atoms with Gasteiger partial charge in [0.25, 0.3) is 0 Å². The van der Waals surface area contributed by atoms with E-state index in [9.17, 15) is 35.9 Å². The minimum absolute atomic E-state index is 0.194. The lowest BCUT2D eigenvalue weighted by Crippen LogP contribution is -2.13. The van der Waals surface area contributed by atoms with Gasteiger partial charge in [-0.2, -0.15) is 26.3 Å². The van der Waals surface area contributed by atoms with Gasteiger partial charge in [-0.3, -0.25) is 9.59 Å². The molecule has 0 aliphatic heterocycles. The number of benzene rings is 3. The van der Waals surface area contributed by atoms with Crippen molar-refractivity contribution in [1.29, 1.82) is 0 Å². The van der Waals surface area contributed by atoms with Gasteiger partial charge in [0.2, 0.25) is 11.8 Å². The number of hydrogen-bond acceptors (Lipinski definition) is 4. The zero-order valence-corrected chi connectivity index (χ0v) is 17.2. The molecule has 0 fully saturated rings. The molecule has 6 nitrogen and oxygen atoms in total. The zero-order valence-electron chi connectivity index (χ0n) is 17.2. The van der Waals surface area contributed by atoms with Crippen molar-refractivity contribution in [2.75, 3.05) is 11.5 Å². The van der Waals surface area contributed by atoms with Gasteiger partial charge in [-0.25, -0.2) is 0 Å². The van der Waals surface area contributed by atoms with Crippen LogP contribution in [0.1, 0.15) is 31.8 Å². The van der Waals surface area contributed by atoms with Crippen molar-refractivity contribution < 1.29 is 35.9 Å². The molecular weight excluding hydrogens is 466 g/mol. The number of rotatable bonds is 3. The summed E-state index contributed by atoms with van der Waals surface area (Å²) in [5.74, 6) is -1.04. The fourth-order valence-electron chi connectivity index (χ4n) is 2.86. The van der Waals surface area contributed by atoms with E-state index in [0.717, 1.165) is 24.3 Å². The first-order chi connectivity index (χ1) is 15.6. The number of primary amides is 2. The molecule has 0 heterocycles. The molecule has 0 unspecified atom stereocenters. The second-order valence-electron chi connectivity index (χ2n) is 6.91. The van der Waals surface area contributed by atoms with E-state index in [-0.39, 0.29) is 11.4 Å². The third kappa shape index (κ3) is 6.40. The molecule has 0 aromatic heterocycles. The van der Waals surface area contributed by atoms with Gasteiger partial charge in [0.1, 0.15) is 0 Å². The van der Waals surface area contributed by atoms with Gasteiger partial charge in [0, 0.05) is 22.5 Å². The van der Waals surface area contributed by atoms with Crippen LogP contribution in [0.2, 0.25) is 0 Å². The van der Waals surface area contributed by atoms with E-state index >= 15 is 0 Å². The van der Waals surface area contributed by atoms with Crippen molar-refractivity contribution >= 4 is 23.2 Å². The number of hydrogen-bond donors (Lipinski definition) is 4. The molecule has 0 radical (unpaired) electrons. The molecule has 0 saturated heterocycles. The predicted molar refractivity (Wildman–Crippen MR) is 114 cm³/mol. The molecule has 3 aromatic rings. The number of alkyl halides is 6. The average molecular weight is 484 g/mol. The fourth-order valence-corrected chi connectivity index (χ4v) is 2.86. The van der Waals surface area contributed by atoms with Gasteiger partial charge in [-0.1, -0.05) is 12.1 Å². The Hall–Kier alpha value is -4.22. The molecule has 0 bridgehead atoms. The van der Waals surface area contributed by atoms with Gasteiger partial charge >= 0.3 is 12.4 Å². The number of anilines is 2. The highest BCUT2D eigenvalue weighted by atomic mass is 19.4. The standard InChI is InChI=1S/C14H10F6N2.C8H8N2O2/c15-13(16,17)11-5-7(21)1-3-9(11)10-4-2-8(22)6-12(10)14(18,19)20;9-7(11)5-1-2-6(4-3-5)8(10)12/h1-6H,21-22H2;1-4H,(H2,9,11)(H2,10,12). The van der Waals surface area contributed by atoms with E-state index in [2.05, 4.69) is 0 Å². The average Bonchev–Trinajstić information content (AvgIpc) is 2.73. The van der Waals surface area contributed by atoms with E-state index < -0.39 is 46.4 Å². The third-order valence-corrected chi connectivity index (χ3v) is 4.44. The third-order valence-electron chi connectivity index (χ3n) is 4.44. The first kappa shape index (κ1) is 26.0. The monoisotopic (exact) mass is 484 g/mol. The van der Waals surface area contributed by atoms with Crippen molar-refractivity contribution in [3.8, 4) is 11.1 Å². The summed E-state index contributed by atoms with van der Waals surface area (Å²) in [5, 5.41) is 0. The lowest BCUT2D eigenvalue weighted by molar-refractivity contribution is -0.139. The summed E-state index contributed by atoms with van der Waals surface area (Å²) in [6.45, 7) is 0. The minimum Gasteiger partial charge on any atom is -0.399 e. The number of carbonyl (C=O) groups is 2. The predicted octanol–water partition coefficient (Wildman–Crippen LogP) is 4.44. The second kappa shape index (κ2) is 9.73. The van der Waals surface area contributed by atoms with Crippen LogP contribution in [0.15, 0.2) is 60.7 Å². The van der Waals surface area contributed by atoms with Crippen LogP contribution in [-0.4, -0.2) is 11.8 Å². The number of amides is 2. The largest absolute Gasteiger partial charge is 0.417 e. The molecule has 0 saturated carbocycles. The smallest absolute Gasteiger partial charge is 0.399 e. The summed E-state index contributed by atoms with van der Waals surface area (Å²) < 4.78 is 78.4. The van der Waals surface area contributed by atoms with Crippen molar-refractivity contribution in [1.82, 2.24) is 0 Å². The normalized spacial score (nSPS) is 11.4. The molecule has 0 aliphatic rings. The molecule has 2 amide bonds. The Balaban J connectivity index is 0.000000287.